The molecule has 0 saturated carbocycles. The van der Waals surface area contributed by atoms with Gasteiger partial charge < -0.3 is 18.8 Å². The largest absolute Gasteiger partial charge is 0.466 e. The molecule has 0 aromatic carbocycles. The number of piperidine rings is 1. The van der Waals surface area contributed by atoms with E-state index < -0.39 is 5.79 Å². The maximum Gasteiger partial charge on any atom is 0.257 e. The van der Waals surface area contributed by atoms with Crippen LogP contribution in [0.25, 0.3) is 0 Å². The first-order chi connectivity index (χ1) is 9.52. The summed E-state index contributed by atoms with van der Waals surface area (Å²) < 4.78 is 17.0. The van der Waals surface area contributed by atoms with E-state index in [2.05, 4.69) is 0 Å². The number of furan rings is 1. The summed E-state index contributed by atoms with van der Waals surface area (Å²) in [7, 11) is 0. The van der Waals surface area contributed by atoms with E-state index in [9.17, 15) is 4.79 Å². The first-order valence-corrected chi connectivity index (χ1v) is 7.16. The van der Waals surface area contributed by atoms with Gasteiger partial charge in [0.15, 0.2) is 5.79 Å². The molecular formula is C15H21NO4. The van der Waals surface area contributed by atoms with Crippen LogP contribution in [0.4, 0.5) is 0 Å². The highest BCUT2D eigenvalue weighted by molar-refractivity contribution is 5.97. The van der Waals surface area contributed by atoms with Crippen molar-refractivity contribution in [1.29, 1.82) is 0 Å². The SMILES string of the molecule is Cc1oc(C)c(C(=O)N2CCCC3(C2)OCCO3)c1C. The molecule has 5 heteroatoms. The van der Waals surface area contributed by atoms with Gasteiger partial charge in [-0.2, -0.15) is 0 Å². The van der Waals surface area contributed by atoms with Gasteiger partial charge in [-0.25, -0.2) is 0 Å². The van der Waals surface area contributed by atoms with E-state index >= 15 is 0 Å². The van der Waals surface area contributed by atoms with E-state index in [1.54, 1.807) is 0 Å². The van der Waals surface area contributed by atoms with E-state index in [4.69, 9.17) is 13.9 Å². The molecule has 110 valence electrons. The molecule has 2 aliphatic rings. The molecule has 1 aromatic heterocycles. The molecule has 0 N–H and O–H groups in total. The van der Waals surface area contributed by atoms with Gasteiger partial charge in [0.2, 0.25) is 0 Å². The lowest BCUT2D eigenvalue weighted by atomic mass is 10.0. The standard InChI is InChI=1S/C15H21NO4/c1-10-11(2)20-12(3)13(10)14(17)16-6-4-5-15(9-16)18-7-8-19-15/h4-9H2,1-3H3. The lowest BCUT2D eigenvalue weighted by molar-refractivity contribution is -0.183. The van der Waals surface area contributed by atoms with Gasteiger partial charge in [-0.1, -0.05) is 0 Å². The van der Waals surface area contributed by atoms with Crippen molar-refractivity contribution in [2.45, 2.75) is 39.4 Å². The Balaban J connectivity index is 1.83. The van der Waals surface area contributed by atoms with Crippen LogP contribution in [0.1, 0.15) is 40.3 Å². The van der Waals surface area contributed by atoms with Crippen LogP contribution in [0.15, 0.2) is 4.42 Å². The summed E-state index contributed by atoms with van der Waals surface area (Å²) in [4.78, 5) is 14.6. The first-order valence-electron chi connectivity index (χ1n) is 7.16. The van der Waals surface area contributed by atoms with Crippen molar-refractivity contribution in [2.24, 2.45) is 0 Å². The Morgan fingerprint density at radius 1 is 1.15 bits per heavy atom. The fraction of sp³-hybridized carbons (Fsp3) is 0.667. The molecule has 0 atom stereocenters. The third-order valence-electron chi connectivity index (χ3n) is 4.29. The Morgan fingerprint density at radius 3 is 2.45 bits per heavy atom. The molecule has 0 radical (unpaired) electrons. The van der Waals surface area contributed by atoms with Crippen LogP contribution in [0, 0.1) is 20.8 Å². The minimum atomic E-state index is -0.575. The number of amides is 1. The smallest absolute Gasteiger partial charge is 0.257 e. The number of ether oxygens (including phenoxy) is 2. The minimum Gasteiger partial charge on any atom is -0.466 e. The predicted molar refractivity (Wildman–Crippen MR) is 72.7 cm³/mol. The van der Waals surface area contributed by atoms with E-state index in [-0.39, 0.29) is 5.91 Å². The van der Waals surface area contributed by atoms with E-state index in [1.165, 1.54) is 0 Å². The molecule has 1 spiro atoms. The van der Waals surface area contributed by atoms with Crippen LogP contribution in [-0.2, 0) is 9.47 Å². The van der Waals surface area contributed by atoms with Crippen molar-refractivity contribution in [2.75, 3.05) is 26.3 Å². The molecule has 3 heterocycles. The van der Waals surface area contributed by atoms with Crippen molar-refractivity contribution in [1.82, 2.24) is 4.90 Å². The molecule has 1 amide bonds. The molecule has 0 aliphatic carbocycles. The number of carbonyl (C=O) groups excluding carboxylic acids is 1. The van der Waals surface area contributed by atoms with Crippen LogP contribution in [-0.4, -0.2) is 42.9 Å². The minimum absolute atomic E-state index is 0.0232. The van der Waals surface area contributed by atoms with Gasteiger partial charge in [0.1, 0.15) is 11.5 Å². The lowest BCUT2D eigenvalue weighted by Gasteiger charge is -2.38. The fourth-order valence-electron chi connectivity index (χ4n) is 3.16. The highest BCUT2D eigenvalue weighted by Crippen LogP contribution is 2.32. The molecule has 20 heavy (non-hydrogen) atoms. The van der Waals surface area contributed by atoms with Crippen LogP contribution in [0.5, 0.6) is 0 Å². The second-order valence-corrected chi connectivity index (χ2v) is 5.65. The number of hydrogen-bond donors (Lipinski definition) is 0. The highest BCUT2D eigenvalue weighted by atomic mass is 16.7. The summed E-state index contributed by atoms with van der Waals surface area (Å²) in [6.45, 7) is 8.15. The van der Waals surface area contributed by atoms with Gasteiger partial charge in [-0.3, -0.25) is 4.79 Å². The summed E-state index contributed by atoms with van der Waals surface area (Å²) in [6, 6.07) is 0. The fourth-order valence-corrected chi connectivity index (χ4v) is 3.16. The third kappa shape index (κ3) is 2.15. The number of aryl methyl sites for hydroxylation is 2. The molecule has 5 nitrogen and oxygen atoms in total. The number of carbonyl (C=O) groups is 1. The normalized spacial score (nSPS) is 21.6. The predicted octanol–water partition coefficient (Wildman–Crippen LogP) is 2.18. The summed E-state index contributed by atoms with van der Waals surface area (Å²) >= 11 is 0. The average molecular weight is 279 g/mol. The zero-order chi connectivity index (χ0) is 14.3. The van der Waals surface area contributed by atoms with Gasteiger partial charge in [-0.05, 0) is 27.2 Å². The van der Waals surface area contributed by atoms with Crippen LogP contribution >= 0.6 is 0 Å². The zero-order valence-electron chi connectivity index (χ0n) is 12.3. The summed E-state index contributed by atoms with van der Waals surface area (Å²) in [5.41, 5.74) is 1.62. The van der Waals surface area contributed by atoms with Crippen LogP contribution in [0.2, 0.25) is 0 Å². The summed E-state index contributed by atoms with van der Waals surface area (Å²) in [6.07, 6.45) is 1.76. The third-order valence-corrected chi connectivity index (χ3v) is 4.29. The molecular weight excluding hydrogens is 258 g/mol. The highest BCUT2D eigenvalue weighted by Gasteiger charge is 2.42. The Hall–Kier alpha value is -1.33. The van der Waals surface area contributed by atoms with E-state index in [0.29, 0.717) is 31.1 Å². The van der Waals surface area contributed by atoms with Crippen LogP contribution in [0.3, 0.4) is 0 Å². The Bertz CT molecular complexity index is 528. The number of hydrogen-bond acceptors (Lipinski definition) is 4. The van der Waals surface area contributed by atoms with Crippen LogP contribution < -0.4 is 0 Å². The van der Waals surface area contributed by atoms with Gasteiger partial charge in [0.25, 0.3) is 5.91 Å². The zero-order valence-corrected chi connectivity index (χ0v) is 12.3. The Kier molecular flexibility index (Phi) is 3.34. The molecule has 0 bridgehead atoms. The Labute approximate surface area is 118 Å². The molecule has 2 aliphatic heterocycles. The van der Waals surface area contributed by atoms with Gasteiger partial charge in [0.05, 0.1) is 25.3 Å². The summed E-state index contributed by atoms with van der Waals surface area (Å²) in [5.74, 6) is 0.952. The van der Waals surface area contributed by atoms with Gasteiger partial charge in [0, 0.05) is 18.5 Å². The topological polar surface area (TPSA) is 51.9 Å². The second-order valence-electron chi connectivity index (χ2n) is 5.65. The molecule has 3 rings (SSSR count). The van der Waals surface area contributed by atoms with E-state index in [0.717, 1.165) is 30.7 Å². The number of likely N-dealkylation sites (tertiary alicyclic amines) is 1. The van der Waals surface area contributed by atoms with Crippen molar-refractivity contribution >= 4 is 5.91 Å². The monoisotopic (exact) mass is 279 g/mol. The number of rotatable bonds is 1. The molecule has 0 unspecified atom stereocenters. The van der Waals surface area contributed by atoms with E-state index in [1.807, 2.05) is 25.7 Å². The molecule has 2 saturated heterocycles. The van der Waals surface area contributed by atoms with Gasteiger partial charge >= 0.3 is 0 Å². The average Bonchev–Trinajstić information content (AvgIpc) is 2.95. The van der Waals surface area contributed by atoms with Gasteiger partial charge in [-0.15, -0.1) is 0 Å². The van der Waals surface area contributed by atoms with Crippen molar-refractivity contribution in [3.05, 3.63) is 22.6 Å². The molecule has 1 aromatic rings. The maximum absolute atomic E-state index is 12.7. The van der Waals surface area contributed by atoms with Crippen molar-refractivity contribution in [3.63, 3.8) is 0 Å². The van der Waals surface area contributed by atoms with Crippen molar-refractivity contribution < 1.29 is 18.7 Å². The Morgan fingerprint density at radius 2 is 1.85 bits per heavy atom. The second kappa shape index (κ2) is 4.90. The maximum atomic E-state index is 12.7. The molecule has 2 fully saturated rings. The summed E-state index contributed by atoms with van der Waals surface area (Å²) in [5, 5.41) is 0. The number of nitrogens with zero attached hydrogens (tertiary/aromatic N) is 1. The lowest BCUT2D eigenvalue weighted by Crippen LogP contribution is -2.51. The first kappa shape index (κ1) is 13.6. The van der Waals surface area contributed by atoms with Crippen molar-refractivity contribution in [3.8, 4) is 0 Å². The quantitative estimate of drug-likeness (QED) is 0.790.